The van der Waals surface area contributed by atoms with Gasteiger partial charge in [-0.25, -0.2) is 4.79 Å². The second-order valence-electron chi connectivity index (χ2n) is 8.71. The van der Waals surface area contributed by atoms with Crippen molar-refractivity contribution in [2.45, 2.75) is 103 Å². The van der Waals surface area contributed by atoms with Crippen LogP contribution in [0.25, 0.3) is 0 Å². The van der Waals surface area contributed by atoms with Crippen molar-refractivity contribution in [3.8, 4) is 0 Å². The number of aliphatic hydroxyl groups excluding tert-OH is 1. The number of carbonyl (C=O) groups is 2. The van der Waals surface area contributed by atoms with Gasteiger partial charge in [0.15, 0.2) is 6.04 Å². The number of nitrogens with zero attached hydrogens (tertiary/aromatic N) is 3. The summed E-state index contributed by atoms with van der Waals surface area (Å²) in [6, 6.07) is -1.88. The predicted octanol–water partition coefficient (Wildman–Crippen LogP) is 2.84. The summed E-state index contributed by atoms with van der Waals surface area (Å²) in [5.41, 5.74) is 6.90. The Kier molecular flexibility index (Phi) is 17.5. The van der Waals surface area contributed by atoms with Crippen molar-refractivity contribution in [2.75, 3.05) is 25.2 Å². The van der Waals surface area contributed by atoms with Gasteiger partial charge in [-0.2, -0.15) is 11.8 Å². The van der Waals surface area contributed by atoms with Crippen LogP contribution >= 0.6 is 11.8 Å². The van der Waals surface area contributed by atoms with Crippen LogP contribution in [0.5, 0.6) is 0 Å². The minimum atomic E-state index is -1.09. The fraction of sp³-hybridized carbons (Fsp3) is 0.833. The first-order chi connectivity index (χ1) is 16.5. The molecule has 34 heavy (non-hydrogen) atoms. The van der Waals surface area contributed by atoms with Crippen LogP contribution in [0, 0.1) is 0 Å². The van der Waals surface area contributed by atoms with Crippen LogP contribution in [0.2, 0.25) is 0 Å². The maximum Gasteiger partial charge on any atom is 0.330 e. The molecule has 0 aliphatic heterocycles. The molecular formula is C24H45N5O4S. The Balaban J connectivity index is 2.08. The van der Waals surface area contributed by atoms with E-state index in [-0.39, 0.29) is 0 Å². The maximum absolute atomic E-state index is 12.1. The number of aryl methyl sites for hydroxylation is 2. The van der Waals surface area contributed by atoms with Gasteiger partial charge in [-0.15, -0.1) is 5.10 Å². The van der Waals surface area contributed by atoms with Gasteiger partial charge in [0.25, 0.3) is 0 Å². The van der Waals surface area contributed by atoms with Crippen LogP contribution in [0.4, 0.5) is 0 Å². The lowest BCUT2D eigenvalue weighted by Gasteiger charge is -2.17. The standard InChI is InChI=1S/C24H45N5O4S/c1-3-4-5-6-7-8-9-10-11-12-13-14-20-17-29(28-27-20)15-16-34-19-21(25)23(31)26-22(18-30)24(32)33-2/h17,21-22,30H,3-16,18-19,25H2,1-2H3,(H,26,31)/t21-,22-/m0/s1. The largest absolute Gasteiger partial charge is 0.467 e. The number of methoxy groups -OCH3 is 1. The SMILES string of the molecule is CCCCCCCCCCCCCc1cn(CCSC[C@H](N)C(=O)N[C@@H](CO)C(=O)OC)nn1. The summed E-state index contributed by atoms with van der Waals surface area (Å²) in [7, 11) is 1.19. The van der Waals surface area contributed by atoms with E-state index < -0.39 is 30.6 Å². The second kappa shape index (κ2) is 19.6. The number of aromatic nitrogens is 3. The molecule has 9 nitrogen and oxygen atoms in total. The van der Waals surface area contributed by atoms with Crippen molar-refractivity contribution in [1.82, 2.24) is 20.3 Å². The van der Waals surface area contributed by atoms with Crippen molar-refractivity contribution >= 4 is 23.6 Å². The minimum absolute atomic E-state index is 0.394. The number of thioether (sulfide) groups is 1. The Morgan fingerprint density at radius 2 is 1.74 bits per heavy atom. The number of hydrogen-bond donors (Lipinski definition) is 3. The third kappa shape index (κ3) is 13.9. The normalized spacial score (nSPS) is 12.9. The Hall–Kier alpha value is -1.65. The van der Waals surface area contributed by atoms with E-state index in [1.165, 1.54) is 83.1 Å². The molecule has 0 saturated carbocycles. The number of nitrogens with two attached hydrogens (primary N) is 1. The van der Waals surface area contributed by atoms with E-state index >= 15 is 0 Å². The quantitative estimate of drug-likeness (QED) is 0.174. The first-order valence-corrected chi connectivity index (χ1v) is 13.9. The molecule has 0 fully saturated rings. The van der Waals surface area contributed by atoms with Gasteiger partial charge in [0.2, 0.25) is 5.91 Å². The number of carbonyl (C=O) groups excluding carboxylic acids is 2. The second-order valence-corrected chi connectivity index (χ2v) is 9.86. The Bertz CT molecular complexity index is 674. The van der Waals surface area contributed by atoms with Crippen LogP contribution in [0.1, 0.15) is 83.2 Å². The van der Waals surface area contributed by atoms with E-state index in [1.807, 2.05) is 10.9 Å². The van der Waals surface area contributed by atoms with Crippen LogP contribution in [-0.2, 0) is 27.3 Å². The topological polar surface area (TPSA) is 132 Å². The monoisotopic (exact) mass is 499 g/mol. The smallest absolute Gasteiger partial charge is 0.330 e. The van der Waals surface area contributed by atoms with Crippen molar-refractivity contribution in [3.05, 3.63) is 11.9 Å². The fourth-order valence-corrected chi connectivity index (χ4v) is 4.47. The van der Waals surface area contributed by atoms with Gasteiger partial charge in [-0.05, 0) is 12.8 Å². The van der Waals surface area contributed by atoms with E-state index in [0.717, 1.165) is 24.3 Å². The van der Waals surface area contributed by atoms with Crippen LogP contribution in [0.15, 0.2) is 6.20 Å². The van der Waals surface area contributed by atoms with Gasteiger partial charge in [0.05, 0.1) is 32.0 Å². The summed E-state index contributed by atoms with van der Waals surface area (Å²) in [5.74, 6) is -0.0634. The van der Waals surface area contributed by atoms with E-state index in [0.29, 0.717) is 12.3 Å². The molecular weight excluding hydrogens is 454 g/mol. The molecule has 0 unspecified atom stereocenters. The number of aliphatic hydroxyl groups is 1. The number of ether oxygens (including phenoxy) is 1. The van der Waals surface area contributed by atoms with Crippen LogP contribution in [-0.4, -0.2) is 69.3 Å². The van der Waals surface area contributed by atoms with Crippen molar-refractivity contribution in [1.29, 1.82) is 0 Å². The number of esters is 1. The lowest BCUT2D eigenvalue weighted by atomic mass is 10.0. The molecule has 196 valence electrons. The molecule has 10 heteroatoms. The summed E-state index contributed by atoms with van der Waals surface area (Å²) < 4.78 is 6.35. The molecule has 1 aromatic rings. The maximum atomic E-state index is 12.1. The summed E-state index contributed by atoms with van der Waals surface area (Å²) >= 11 is 1.53. The molecule has 1 rings (SSSR count). The third-order valence-corrected chi connectivity index (χ3v) is 6.77. The van der Waals surface area contributed by atoms with Gasteiger partial charge < -0.3 is 20.9 Å². The predicted molar refractivity (Wildman–Crippen MR) is 137 cm³/mol. The number of unbranched alkanes of at least 4 members (excludes halogenated alkanes) is 10. The zero-order valence-corrected chi connectivity index (χ0v) is 21.9. The Labute approximate surface area is 208 Å². The highest BCUT2D eigenvalue weighted by atomic mass is 32.2. The first-order valence-electron chi connectivity index (χ1n) is 12.7. The average Bonchev–Trinajstić information content (AvgIpc) is 3.30. The highest BCUT2D eigenvalue weighted by molar-refractivity contribution is 7.99. The molecule has 1 heterocycles. The summed E-state index contributed by atoms with van der Waals surface area (Å²) in [5, 5.41) is 20.0. The first kappa shape index (κ1) is 30.4. The minimum Gasteiger partial charge on any atom is -0.467 e. The van der Waals surface area contributed by atoms with Gasteiger partial charge in [-0.3, -0.25) is 9.48 Å². The lowest BCUT2D eigenvalue weighted by Crippen LogP contribution is -2.51. The molecule has 0 radical (unpaired) electrons. The number of rotatable bonds is 21. The lowest BCUT2D eigenvalue weighted by molar-refractivity contribution is -0.146. The number of nitrogens with one attached hydrogen (secondary N) is 1. The molecule has 0 spiro atoms. The van der Waals surface area contributed by atoms with Crippen LogP contribution < -0.4 is 11.1 Å². The van der Waals surface area contributed by atoms with Crippen molar-refractivity contribution < 1.29 is 19.4 Å². The average molecular weight is 500 g/mol. The molecule has 0 aliphatic carbocycles. The molecule has 0 aromatic carbocycles. The van der Waals surface area contributed by atoms with E-state index in [9.17, 15) is 9.59 Å². The highest BCUT2D eigenvalue weighted by Crippen LogP contribution is 2.12. The Morgan fingerprint density at radius 1 is 1.12 bits per heavy atom. The number of amides is 1. The van der Waals surface area contributed by atoms with E-state index in [2.05, 4.69) is 27.3 Å². The molecule has 0 bridgehead atoms. The molecule has 1 aromatic heterocycles. The fourth-order valence-electron chi connectivity index (χ4n) is 3.58. The van der Waals surface area contributed by atoms with E-state index in [1.54, 1.807) is 0 Å². The Morgan fingerprint density at radius 3 is 2.32 bits per heavy atom. The number of hydrogen-bond acceptors (Lipinski definition) is 8. The van der Waals surface area contributed by atoms with Crippen LogP contribution in [0.3, 0.4) is 0 Å². The zero-order chi connectivity index (χ0) is 25.0. The van der Waals surface area contributed by atoms with Gasteiger partial charge in [0, 0.05) is 17.7 Å². The molecule has 2 atom stereocenters. The molecule has 0 saturated heterocycles. The van der Waals surface area contributed by atoms with Gasteiger partial charge in [-0.1, -0.05) is 76.3 Å². The van der Waals surface area contributed by atoms with Gasteiger partial charge in [0.1, 0.15) is 0 Å². The molecule has 4 N–H and O–H groups in total. The van der Waals surface area contributed by atoms with Crippen molar-refractivity contribution in [3.63, 3.8) is 0 Å². The highest BCUT2D eigenvalue weighted by Gasteiger charge is 2.23. The zero-order valence-electron chi connectivity index (χ0n) is 21.0. The molecule has 0 aliphatic rings. The molecule has 1 amide bonds. The van der Waals surface area contributed by atoms with E-state index in [4.69, 9.17) is 10.8 Å². The van der Waals surface area contributed by atoms with Gasteiger partial charge >= 0.3 is 5.97 Å². The summed E-state index contributed by atoms with van der Waals surface area (Å²) in [6.07, 6.45) is 17.6. The summed E-state index contributed by atoms with van der Waals surface area (Å²) in [6.45, 7) is 2.41. The van der Waals surface area contributed by atoms with Crippen molar-refractivity contribution in [2.24, 2.45) is 5.73 Å². The third-order valence-electron chi connectivity index (χ3n) is 5.71. The summed E-state index contributed by atoms with van der Waals surface area (Å²) in [4.78, 5) is 23.5.